The van der Waals surface area contributed by atoms with Gasteiger partial charge >= 0.3 is 11.9 Å². The van der Waals surface area contributed by atoms with E-state index in [0.29, 0.717) is 6.42 Å². The number of allylic oxidation sites excluding steroid dienone is 1. The molecule has 0 saturated heterocycles. The van der Waals surface area contributed by atoms with Gasteiger partial charge in [0.2, 0.25) is 0 Å². The second-order valence-electron chi connectivity index (χ2n) is 3.94. The highest BCUT2D eigenvalue weighted by atomic mass is 16.4. The van der Waals surface area contributed by atoms with Crippen molar-refractivity contribution in [2.75, 3.05) is 0 Å². The maximum atomic E-state index is 11.0. The number of carboxylic acid groups (broad SMARTS) is 2. The van der Waals surface area contributed by atoms with Gasteiger partial charge in [0.25, 0.3) is 0 Å². The Kier molecular flexibility index (Phi) is 2.98. The molecule has 1 rings (SSSR count). The molecule has 2 unspecified atom stereocenters. The molecule has 0 heterocycles. The van der Waals surface area contributed by atoms with Gasteiger partial charge in [-0.1, -0.05) is 32.1 Å². The normalized spacial score (nSPS) is 29.7. The van der Waals surface area contributed by atoms with E-state index in [1.165, 1.54) is 12.2 Å². The highest BCUT2D eigenvalue weighted by Crippen LogP contribution is 2.38. The monoisotopic (exact) mass is 210 g/mol. The van der Waals surface area contributed by atoms with Crippen molar-refractivity contribution in [3.05, 3.63) is 23.8 Å². The molecule has 0 fully saturated rings. The third-order valence-electron chi connectivity index (χ3n) is 2.98. The average molecular weight is 210 g/mol. The van der Waals surface area contributed by atoms with Gasteiger partial charge in [-0.3, -0.25) is 4.79 Å². The highest BCUT2D eigenvalue weighted by Gasteiger charge is 2.37. The molecule has 1 aliphatic rings. The topological polar surface area (TPSA) is 74.6 Å². The Morgan fingerprint density at radius 3 is 2.47 bits per heavy atom. The second-order valence-corrected chi connectivity index (χ2v) is 3.94. The standard InChI is InChI=1S/C11H14O4/c1-3-11(2)5-4-7(9(12)13)6-8(11)10(14)15/h4-6,8H,3H2,1-2H3,(H,12,13)(H,14,15). The molecule has 15 heavy (non-hydrogen) atoms. The Morgan fingerprint density at radius 2 is 2.07 bits per heavy atom. The van der Waals surface area contributed by atoms with Gasteiger partial charge in [-0.25, -0.2) is 4.79 Å². The third-order valence-corrected chi connectivity index (χ3v) is 2.98. The lowest BCUT2D eigenvalue weighted by molar-refractivity contribution is -0.143. The van der Waals surface area contributed by atoms with Crippen LogP contribution in [-0.2, 0) is 9.59 Å². The Bertz CT molecular complexity index is 354. The summed E-state index contributed by atoms with van der Waals surface area (Å²) in [6.45, 7) is 3.71. The van der Waals surface area contributed by atoms with Crippen LogP contribution in [0.2, 0.25) is 0 Å². The summed E-state index contributed by atoms with van der Waals surface area (Å²) in [7, 11) is 0. The maximum Gasteiger partial charge on any atom is 0.335 e. The number of hydrogen-bond donors (Lipinski definition) is 2. The van der Waals surface area contributed by atoms with E-state index < -0.39 is 23.3 Å². The summed E-state index contributed by atoms with van der Waals surface area (Å²) < 4.78 is 0. The van der Waals surface area contributed by atoms with Gasteiger partial charge in [0.05, 0.1) is 11.5 Å². The zero-order valence-corrected chi connectivity index (χ0v) is 8.73. The van der Waals surface area contributed by atoms with Crippen LogP contribution in [0.1, 0.15) is 20.3 Å². The van der Waals surface area contributed by atoms with Crippen LogP contribution in [0.4, 0.5) is 0 Å². The lowest BCUT2D eigenvalue weighted by Crippen LogP contribution is -2.32. The van der Waals surface area contributed by atoms with Gasteiger partial charge in [-0.05, 0) is 6.42 Å². The molecule has 0 amide bonds. The van der Waals surface area contributed by atoms with Crippen LogP contribution < -0.4 is 0 Å². The van der Waals surface area contributed by atoms with Crippen LogP contribution >= 0.6 is 0 Å². The van der Waals surface area contributed by atoms with Crippen molar-refractivity contribution in [3.63, 3.8) is 0 Å². The quantitative estimate of drug-likeness (QED) is 0.743. The molecule has 0 saturated carbocycles. The number of rotatable bonds is 3. The SMILES string of the molecule is CCC1(C)C=CC(C(=O)O)=CC1C(=O)O. The van der Waals surface area contributed by atoms with Crippen LogP contribution in [0.15, 0.2) is 23.8 Å². The van der Waals surface area contributed by atoms with Gasteiger partial charge in [-0.15, -0.1) is 0 Å². The van der Waals surface area contributed by atoms with Crippen molar-refractivity contribution in [3.8, 4) is 0 Å². The Morgan fingerprint density at radius 1 is 1.47 bits per heavy atom. The lowest BCUT2D eigenvalue weighted by Gasteiger charge is -2.32. The van der Waals surface area contributed by atoms with Crippen molar-refractivity contribution < 1.29 is 19.8 Å². The fraction of sp³-hybridized carbons (Fsp3) is 0.455. The van der Waals surface area contributed by atoms with E-state index in [1.807, 2.05) is 13.8 Å². The fourth-order valence-electron chi connectivity index (χ4n) is 1.64. The third kappa shape index (κ3) is 2.09. The van der Waals surface area contributed by atoms with E-state index >= 15 is 0 Å². The first-order valence-electron chi connectivity index (χ1n) is 4.78. The molecular weight excluding hydrogens is 196 g/mol. The largest absolute Gasteiger partial charge is 0.481 e. The lowest BCUT2D eigenvalue weighted by atomic mass is 9.71. The van der Waals surface area contributed by atoms with E-state index in [1.54, 1.807) is 6.08 Å². The molecule has 1 aliphatic carbocycles. The number of hydrogen-bond acceptors (Lipinski definition) is 2. The van der Waals surface area contributed by atoms with Crippen LogP contribution in [0.5, 0.6) is 0 Å². The summed E-state index contributed by atoms with van der Waals surface area (Å²) in [5.74, 6) is -2.84. The second kappa shape index (κ2) is 3.88. The van der Waals surface area contributed by atoms with Crippen LogP contribution in [0.3, 0.4) is 0 Å². The van der Waals surface area contributed by atoms with E-state index in [2.05, 4.69) is 0 Å². The van der Waals surface area contributed by atoms with Crippen molar-refractivity contribution in [2.24, 2.45) is 11.3 Å². The van der Waals surface area contributed by atoms with E-state index in [9.17, 15) is 9.59 Å². The predicted molar refractivity (Wildman–Crippen MR) is 54.4 cm³/mol. The van der Waals surface area contributed by atoms with E-state index in [4.69, 9.17) is 10.2 Å². The van der Waals surface area contributed by atoms with Crippen molar-refractivity contribution in [2.45, 2.75) is 20.3 Å². The highest BCUT2D eigenvalue weighted by molar-refractivity contribution is 5.91. The molecule has 0 bridgehead atoms. The summed E-state index contributed by atoms with van der Waals surface area (Å²) in [6.07, 6.45) is 5.12. The van der Waals surface area contributed by atoms with Crippen molar-refractivity contribution in [1.29, 1.82) is 0 Å². The van der Waals surface area contributed by atoms with Crippen LogP contribution in [-0.4, -0.2) is 22.2 Å². The predicted octanol–water partition coefficient (Wildman–Crippen LogP) is 1.68. The summed E-state index contributed by atoms with van der Waals surface area (Å²) in [5, 5.41) is 17.8. The molecule has 0 radical (unpaired) electrons. The summed E-state index contributed by atoms with van der Waals surface area (Å²) in [4.78, 5) is 21.7. The van der Waals surface area contributed by atoms with Gasteiger partial charge in [0, 0.05) is 5.41 Å². The molecule has 0 spiro atoms. The average Bonchev–Trinajstić information content (AvgIpc) is 2.17. The Balaban J connectivity index is 3.10. The molecule has 4 nitrogen and oxygen atoms in total. The number of aliphatic carboxylic acids is 2. The number of carbonyl (C=O) groups is 2. The molecule has 82 valence electrons. The summed E-state index contributed by atoms with van der Waals surface area (Å²) >= 11 is 0. The Hall–Kier alpha value is -1.58. The van der Waals surface area contributed by atoms with Gasteiger partial charge < -0.3 is 10.2 Å². The molecule has 4 heteroatoms. The fourth-order valence-corrected chi connectivity index (χ4v) is 1.64. The maximum absolute atomic E-state index is 11.0. The summed E-state index contributed by atoms with van der Waals surface area (Å²) in [5.41, 5.74) is -0.446. The van der Waals surface area contributed by atoms with Crippen LogP contribution in [0, 0.1) is 11.3 Å². The molecule has 2 atom stereocenters. The first-order valence-corrected chi connectivity index (χ1v) is 4.78. The molecule has 0 aromatic carbocycles. The molecule has 0 aromatic heterocycles. The zero-order valence-electron chi connectivity index (χ0n) is 8.73. The molecular formula is C11H14O4. The van der Waals surface area contributed by atoms with Gasteiger partial charge in [0.15, 0.2) is 0 Å². The van der Waals surface area contributed by atoms with E-state index in [0.717, 1.165) is 0 Å². The smallest absolute Gasteiger partial charge is 0.335 e. The number of carboxylic acids is 2. The van der Waals surface area contributed by atoms with E-state index in [-0.39, 0.29) is 5.57 Å². The molecule has 2 N–H and O–H groups in total. The summed E-state index contributed by atoms with van der Waals surface area (Å²) in [6, 6.07) is 0. The zero-order chi connectivity index (χ0) is 11.6. The minimum absolute atomic E-state index is 0.0494. The molecule has 0 aliphatic heterocycles. The van der Waals surface area contributed by atoms with Gasteiger partial charge in [0.1, 0.15) is 0 Å². The minimum atomic E-state index is -1.09. The van der Waals surface area contributed by atoms with Crippen molar-refractivity contribution >= 4 is 11.9 Å². The molecule has 0 aromatic rings. The minimum Gasteiger partial charge on any atom is -0.481 e. The first-order chi connectivity index (χ1) is 6.90. The first kappa shape index (κ1) is 11.5. The van der Waals surface area contributed by atoms with Gasteiger partial charge in [-0.2, -0.15) is 0 Å². The Labute approximate surface area is 87.9 Å². The van der Waals surface area contributed by atoms with Crippen molar-refractivity contribution in [1.82, 2.24) is 0 Å². The van der Waals surface area contributed by atoms with Crippen LogP contribution in [0.25, 0.3) is 0 Å².